The highest BCUT2D eigenvalue weighted by atomic mass is 32.1. The first-order valence-corrected chi connectivity index (χ1v) is 7.90. The van der Waals surface area contributed by atoms with Crippen molar-refractivity contribution in [1.29, 1.82) is 0 Å². The molecule has 0 fully saturated rings. The van der Waals surface area contributed by atoms with Crippen molar-refractivity contribution in [3.63, 3.8) is 0 Å². The summed E-state index contributed by atoms with van der Waals surface area (Å²) in [5, 5.41) is 11.1. The van der Waals surface area contributed by atoms with Gasteiger partial charge in [0.05, 0.1) is 18.0 Å². The summed E-state index contributed by atoms with van der Waals surface area (Å²) < 4.78 is 2.98. The molecule has 0 radical (unpaired) electrons. The molecule has 6 heteroatoms. The second kappa shape index (κ2) is 6.11. The number of aryl methyl sites for hydroxylation is 1. The van der Waals surface area contributed by atoms with Crippen molar-refractivity contribution in [3.8, 4) is 0 Å². The zero-order chi connectivity index (χ0) is 15.5. The third-order valence-corrected chi connectivity index (χ3v) is 4.50. The van der Waals surface area contributed by atoms with Crippen LogP contribution in [0.4, 0.5) is 0 Å². The molecule has 0 bridgehead atoms. The molecule has 0 saturated heterocycles. The van der Waals surface area contributed by atoms with E-state index in [0.717, 1.165) is 27.9 Å². The number of amides is 1. The summed E-state index contributed by atoms with van der Waals surface area (Å²) in [5.74, 6) is -0.200. The average Bonchev–Trinajstić information content (AvgIpc) is 3.11. The van der Waals surface area contributed by atoms with Crippen LogP contribution in [0.1, 0.15) is 28.5 Å². The van der Waals surface area contributed by atoms with Crippen molar-refractivity contribution in [2.45, 2.75) is 20.4 Å². The second-order valence-electron chi connectivity index (χ2n) is 4.85. The highest BCUT2D eigenvalue weighted by Gasteiger charge is 2.11. The number of hydrogen-bond donors (Lipinski definition) is 1. The largest absolute Gasteiger partial charge is 0.272 e. The molecular weight excluding hydrogens is 296 g/mol. The van der Waals surface area contributed by atoms with Crippen LogP contribution in [0, 0.1) is 6.92 Å². The number of nitrogens with one attached hydrogen (secondary N) is 1. The number of hydrazone groups is 1. The van der Waals surface area contributed by atoms with Gasteiger partial charge in [0.2, 0.25) is 0 Å². The molecule has 3 aromatic rings. The van der Waals surface area contributed by atoms with Gasteiger partial charge in [0.15, 0.2) is 0 Å². The second-order valence-corrected chi connectivity index (χ2v) is 5.76. The third kappa shape index (κ3) is 2.65. The maximum Gasteiger partial charge on any atom is 0.272 e. The van der Waals surface area contributed by atoms with Gasteiger partial charge < -0.3 is 0 Å². The Morgan fingerprint density at radius 1 is 1.45 bits per heavy atom. The van der Waals surface area contributed by atoms with Crippen LogP contribution in [-0.2, 0) is 6.54 Å². The van der Waals surface area contributed by atoms with Crippen LogP contribution in [0.3, 0.4) is 0 Å². The summed E-state index contributed by atoms with van der Waals surface area (Å²) >= 11 is 1.55. The Balaban J connectivity index is 1.74. The Bertz CT molecular complexity index is 847. The van der Waals surface area contributed by atoms with Crippen LogP contribution in [0.5, 0.6) is 0 Å². The maximum absolute atomic E-state index is 12.2. The minimum absolute atomic E-state index is 0.200. The van der Waals surface area contributed by atoms with Gasteiger partial charge in [-0.05, 0) is 19.9 Å². The topological polar surface area (TPSA) is 59.3 Å². The number of carbonyl (C=O) groups is 1. The fourth-order valence-corrected chi connectivity index (χ4v) is 3.22. The van der Waals surface area contributed by atoms with E-state index in [0.29, 0.717) is 5.56 Å². The number of nitrogens with zero attached hydrogens (tertiary/aromatic N) is 3. The number of benzene rings is 1. The van der Waals surface area contributed by atoms with Crippen LogP contribution in [0.15, 0.2) is 40.9 Å². The lowest BCUT2D eigenvalue weighted by Crippen LogP contribution is -2.17. The van der Waals surface area contributed by atoms with Crippen molar-refractivity contribution < 1.29 is 4.79 Å². The number of hydrogen-bond acceptors (Lipinski definition) is 4. The molecule has 1 amide bonds. The molecule has 2 heterocycles. The minimum Gasteiger partial charge on any atom is -0.269 e. The van der Waals surface area contributed by atoms with Gasteiger partial charge in [0.1, 0.15) is 0 Å². The number of rotatable bonds is 4. The van der Waals surface area contributed by atoms with Crippen molar-refractivity contribution in [2.24, 2.45) is 5.10 Å². The van der Waals surface area contributed by atoms with Gasteiger partial charge in [-0.3, -0.25) is 9.48 Å². The SMILES string of the molecule is CCn1ncc(/C=N/NC(=O)c2csc3ccccc23)c1C. The van der Waals surface area contributed by atoms with Gasteiger partial charge in [0.25, 0.3) is 5.91 Å². The first-order valence-electron chi connectivity index (χ1n) is 7.02. The van der Waals surface area contributed by atoms with E-state index in [1.54, 1.807) is 23.7 Å². The first-order chi connectivity index (χ1) is 10.7. The fraction of sp³-hybridized carbons (Fsp3) is 0.188. The Kier molecular flexibility index (Phi) is 4.02. The summed E-state index contributed by atoms with van der Waals surface area (Å²) in [6.45, 7) is 4.82. The Morgan fingerprint density at radius 3 is 3.05 bits per heavy atom. The molecule has 22 heavy (non-hydrogen) atoms. The number of carbonyl (C=O) groups excluding carboxylic acids is 1. The highest BCUT2D eigenvalue weighted by molar-refractivity contribution is 7.17. The van der Waals surface area contributed by atoms with E-state index in [-0.39, 0.29) is 5.91 Å². The molecule has 0 unspecified atom stereocenters. The molecule has 3 rings (SSSR count). The van der Waals surface area contributed by atoms with Gasteiger partial charge >= 0.3 is 0 Å². The Hall–Kier alpha value is -2.47. The quantitative estimate of drug-likeness (QED) is 0.594. The van der Waals surface area contributed by atoms with Crippen LogP contribution >= 0.6 is 11.3 Å². The third-order valence-electron chi connectivity index (χ3n) is 3.54. The molecule has 5 nitrogen and oxygen atoms in total. The zero-order valence-corrected chi connectivity index (χ0v) is 13.2. The lowest BCUT2D eigenvalue weighted by molar-refractivity contribution is 0.0957. The molecule has 0 atom stereocenters. The van der Waals surface area contributed by atoms with E-state index in [4.69, 9.17) is 0 Å². The predicted molar refractivity (Wildman–Crippen MR) is 89.5 cm³/mol. The summed E-state index contributed by atoms with van der Waals surface area (Å²) in [7, 11) is 0. The van der Waals surface area contributed by atoms with E-state index in [1.807, 2.05) is 48.2 Å². The zero-order valence-electron chi connectivity index (χ0n) is 12.4. The lowest BCUT2D eigenvalue weighted by Gasteiger charge is -1.99. The smallest absolute Gasteiger partial charge is 0.269 e. The molecule has 0 saturated carbocycles. The van der Waals surface area contributed by atoms with Crippen molar-refractivity contribution in [1.82, 2.24) is 15.2 Å². The standard InChI is InChI=1S/C16H16N4OS/c1-3-20-11(2)12(9-18-20)8-17-19-16(21)14-10-22-15-7-5-4-6-13(14)15/h4-10H,3H2,1-2H3,(H,19,21)/b17-8+. The number of fused-ring (bicyclic) bond motifs is 1. The first kappa shape index (κ1) is 14.5. The van der Waals surface area contributed by atoms with Crippen LogP contribution in [0.2, 0.25) is 0 Å². The molecule has 2 aromatic heterocycles. The van der Waals surface area contributed by atoms with Crippen molar-refractivity contribution >= 4 is 33.5 Å². The van der Waals surface area contributed by atoms with Crippen LogP contribution in [-0.4, -0.2) is 21.9 Å². The normalized spacial score (nSPS) is 11.4. The van der Waals surface area contributed by atoms with E-state index in [9.17, 15) is 4.79 Å². The van der Waals surface area contributed by atoms with Gasteiger partial charge in [-0.25, -0.2) is 5.43 Å². The minimum atomic E-state index is -0.200. The summed E-state index contributed by atoms with van der Waals surface area (Å²) in [5.41, 5.74) is 5.16. The molecule has 0 aliphatic rings. The molecule has 0 aliphatic carbocycles. The van der Waals surface area contributed by atoms with Crippen LogP contribution in [0.25, 0.3) is 10.1 Å². The Morgan fingerprint density at radius 2 is 2.27 bits per heavy atom. The number of aromatic nitrogens is 2. The molecule has 0 spiro atoms. The highest BCUT2D eigenvalue weighted by Crippen LogP contribution is 2.25. The lowest BCUT2D eigenvalue weighted by atomic mass is 10.2. The van der Waals surface area contributed by atoms with E-state index < -0.39 is 0 Å². The molecule has 1 aromatic carbocycles. The Labute approximate surface area is 132 Å². The molecule has 1 N–H and O–H groups in total. The van der Waals surface area contributed by atoms with Gasteiger partial charge in [-0.2, -0.15) is 10.2 Å². The van der Waals surface area contributed by atoms with Crippen molar-refractivity contribution in [2.75, 3.05) is 0 Å². The van der Waals surface area contributed by atoms with Crippen molar-refractivity contribution in [3.05, 3.63) is 52.7 Å². The molecule has 0 aliphatic heterocycles. The van der Waals surface area contributed by atoms with E-state index in [2.05, 4.69) is 15.6 Å². The fourth-order valence-electron chi connectivity index (χ4n) is 2.28. The summed E-state index contributed by atoms with van der Waals surface area (Å²) in [6.07, 6.45) is 3.37. The van der Waals surface area contributed by atoms with Gasteiger partial charge in [-0.15, -0.1) is 11.3 Å². The van der Waals surface area contributed by atoms with Crippen LogP contribution < -0.4 is 5.43 Å². The monoisotopic (exact) mass is 312 g/mol. The average molecular weight is 312 g/mol. The molecule has 112 valence electrons. The maximum atomic E-state index is 12.2. The molecular formula is C16H16N4OS. The van der Waals surface area contributed by atoms with Gasteiger partial charge in [0, 0.05) is 33.3 Å². The summed E-state index contributed by atoms with van der Waals surface area (Å²) in [6, 6.07) is 7.84. The van der Waals surface area contributed by atoms with E-state index >= 15 is 0 Å². The number of thiophene rings is 1. The predicted octanol–water partition coefficient (Wildman–Crippen LogP) is 3.19. The summed E-state index contributed by atoms with van der Waals surface area (Å²) in [4.78, 5) is 12.2. The van der Waals surface area contributed by atoms with Gasteiger partial charge in [-0.1, -0.05) is 18.2 Å². The van der Waals surface area contributed by atoms with E-state index in [1.165, 1.54) is 0 Å².